The van der Waals surface area contributed by atoms with Crippen molar-refractivity contribution in [2.75, 3.05) is 11.9 Å². The highest BCUT2D eigenvalue weighted by Crippen LogP contribution is 2.23. The van der Waals surface area contributed by atoms with Gasteiger partial charge in [0.1, 0.15) is 5.75 Å². The predicted molar refractivity (Wildman–Crippen MR) is 104 cm³/mol. The lowest BCUT2D eigenvalue weighted by Crippen LogP contribution is -2.21. The first-order valence-electron chi connectivity index (χ1n) is 8.61. The maximum atomic E-state index is 12.4. The van der Waals surface area contributed by atoms with Crippen molar-refractivity contribution in [3.05, 3.63) is 70.1 Å². The Labute approximate surface area is 152 Å². The van der Waals surface area contributed by atoms with Crippen molar-refractivity contribution in [2.24, 2.45) is 0 Å². The van der Waals surface area contributed by atoms with Gasteiger partial charge in [-0.05, 0) is 50.6 Å². The van der Waals surface area contributed by atoms with Gasteiger partial charge < -0.3 is 14.6 Å². The quantitative estimate of drug-likeness (QED) is 0.764. The monoisotopic (exact) mass is 350 g/mol. The highest BCUT2D eigenvalue weighted by Gasteiger charge is 2.10. The molecule has 0 radical (unpaired) electrons. The minimum Gasteiger partial charge on any atom is -0.483 e. The first-order valence-corrected chi connectivity index (χ1v) is 8.61. The van der Waals surface area contributed by atoms with E-state index in [1.807, 2.05) is 45.0 Å². The van der Waals surface area contributed by atoms with Gasteiger partial charge in [-0.2, -0.15) is 0 Å². The fraction of sp³-hybridized carbons (Fsp3) is 0.238. The van der Waals surface area contributed by atoms with Crippen molar-refractivity contribution in [3.63, 3.8) is 0 Å². The lowest BCUT2D eigenvalue weighted by Gasteiger charge is -2.12. The Morgan fingerprint density at radius 3 is 2.65 bits per heavy atom. The van der Waals surface area contributed by atoms with Crippen LogP contribution in [-0.4, -0.2) is 17.1 Å². The summed E-state index contributed by atoms with van der Waals surface area (Å²) in [5.41, 5.74) is 2.86. The number of carbonyl (C=O) groups excluding carboxylic acids is 1. The molecule has 0 saturated carbocycles. The smallest absolute Gasteiger partial charge is 0.262 e. The highest BCUT2D eigenvalue weighted by molar-refractivity contribution is 5.93. The van der Waals surface area contributed by atoms with E-state index in [1.54, 1.807) is 29.0 Å². The maximum absolute atomic E-state index is 12.4. The summed E-state index contributed by atoms with van der Waals surface area (Å²) in [7, 11) is 0. The number of hydrogen-bond donors (Lipinski definition) is 1. The Bertz CT molecular complexity index is 1020. The third kappa shape index (κ3) is 3.61. The zero-order valence-corrected chi connectivity index (χ0v) is 15.2. The second kappa shape index (κ2) is 7.44. The van der Waals surface area contributed by atoms with Gasteiger partial charge in [0.25, 0.3) is 11.5 Å². The van der Waals surface area contributed by atoms with Crippen LogP contribution in [-0.2, 0) is 11.3 Å². The van der Waals surface area contributed by atoms with Crippen LogP contribution in [0.5, 0.6) is 5.75 Å². The van der Waals surface area contributed by atoms with Crippen LogP contribution >= 0.6 is 0 Å². The molecule has 1 aromatic heterocycles. The molecule has 0 aliphatic carbocycles. The molecule has 0 atom stereocenters. The van der Waals surface area contributed by atoms with Gasteiger partial charge in [0.05, 0.1) is 5.39 Å². The summed E-state index contributed by atoms with van der Waals surface area (Å²) in [6.07, 6.45) is 1.74. The molecule has 1 N–H and O–H groups in total. The van der Waals surface area contributed by atoms with Crippen molar-refractivity contribution in [1.82, 2.24) is 4.57 Å². The van der Waals surface area contributed by atoms with E-state index in [0.29, 0.717) is 23.1 Å². The molecule has 2 aromatic carbocycles. The number of nitrogens with one attached hydrogen (secondary N) is 1. The fourth-order valence-corrected chi connectivity index (χ4v) is 2.95. The maximum Gasteiger partial charge on any atom is 0.262 e. The van der Waals surface area contributed by atoms with Crippen molar-refractivity contribution in [3.8, 4) is 5.75 Å². The molecule has 26 heavy (non-hydrogen) atoms. The van der Waals surface area contributed by atoms with Crippen molar-refractivity contribution < 1.29 is 9.53 Å². The van der Waals surface area contributed by atoms with Crippen LogP contribution in [0.4, 0.5) is 5.69 Å². The van der Waals surface area contributed by atoms with E-state index in [0.717, 1.165) is 16.8 Å². The number of pyridine rings is 1. The van der Waals surface area contributed by atoms with Crippen LogP contribution in [0.2, 0.25) is 0 Å². The van der Waals surface area contributed by atoms with E-state index < -0.39 is 0 Å². The Balaban J connectivity index is 1.76. The van der Waals surface area contributed by atoms with Crippen molar-refractivity contribution in [1.29, 1.82) is 0 Å². The van der Waals surface area contributed by atoms with E-state index in [4.69, 9.17) is 4.74 Å². The standard InChI is InChI=1S/C21H22N2O3/c1-4-23-11-10-16-17(21(23)25)6-5-7-19(16)26-13-20(24)22-18-9-8-14(2)12-15(18)3/h5-12H,4,13H2,1-3H3,(H,22,24). The Hall–Kier alpha value is -3.08. The molecule has 0 bridgehead atoms. The zero-order chi connectivity index (χ0) is 18.7. The van der Waals surface area contributed by atoms with E-state index >= 15 is 0 Å². The first kappa shape index (κ1) is 17.7. The van der Waals surface area contributed by atoms with Crippen LogP contribution in [0.3, 0.4) is 0 Å². The molecule has 1 amide bonds. The van der Waals surface area contributed by atoms with E-state index in [-0.39, 0.29) is 18.1 Å². The largest absolute Gasteiger partial charge is 0.483 e. The molecule has 3 rings (SSSR count). The number of aromatic nitrogens is 1. The number of aryl methyl sites for hydroxylation is 3. The Kier molecular flexibility index (Phi) is 5.07. The molecule has 0 saturated heterocycles. The highest BCUT2D eigenvalue weighted by atomic mass is 16.5. The number of rotatable bonds is 5. The minimum atomic E-state index is -0.240. The van der Waals surface area contributed by atoms with Gasteiger partial charge >= 0.3 is 0 Å². The van der Waals surface area contributed by atoms with Crippen LogP contribution in [0.1, 0.15) is 18.1 Å². The summed E-state index contributed by atoms with van der Waals surface area (Å²) >= 11 is 0. The third-order valence-corrected chi connectivity index (χ3v) is 4.33. The lowest BCUT2D eigenvalue weighted by molar-refractivity contribution is -0.118. The average molecular weight is 350 g/mol. The summed E-state index contributed by atoms with van der Waals surface area (Å²) in [5.74, 6) is 0.287. The summed E-state index contributed by atoms with van der Waals surface area (Å²) in [6.45, 7) is 6.37. The normalized spacial score (nSPS) is 10.7. The van der Waals surface area contributed by atoms with Gasteiger partial charge in [-0.3, -0.25) is 9.59 Å². The van der Waals surface area contributed by atoms with Crippen LogP contribution < -0.4 is 15.6 Å². The number of ether oxygens (including phenoxy) is 1. The van der Waals surface area contributed by atoms with Gasteiger partial charge in [0, 0.05) is 23.8 Å². The first-order chi connectivity index (χ1) is 12.5. The lowest BCUT2D eigenvalue weighted by atomic mass is 10.1. The van der Waals surface area contributed by atoms with Gasteiger partial charge in [-0.1, -0.05) is 23.8 Å². The molecule has 134 valence electrons. The van der Waals surface area contributed by atoms with Crippen molar-refractivity contribution >= 4 is 22.4 Å². The number of carbonyl (C=O) groups is 1. The summed E-state index contributed by atoms with van der Waals surface area (Å²) < 4.78 is 7.32. The topological polar surface area (TPSA) is 60.3 Å². The summed E-state index contributed by atoms with van der Waals surface area (Å²) in [4.78, 5) is 24.6. The number of hydrogen-bond acceptors (Lipinski definition) is 3. The molecule has 5 heteroatoms. The van der Waals surface area contributed by atoms with Gasteiger partial charge in [0.2, 0.25) is 0 Å². The predicted octanol–water partition coefficient (Wildman–Crippen LogP) is 3.66. The van der Waals surface area contributed by atoms with Crippen LogP contribution in [0.15, 0.2) is 53.5 Å². The van der Waals surface area contributed by atoms with E-state index in [9.17, 15) is 9.59 Å². The molecule has 0 spiro atoms. The Morgan fingerprint density at radius 2 is 1.92 bits per heavy atom. The molecule has 0 unspecified atom stereocenters. The minimum absolute atomic E-state index is 0.0600. The zero-order valence-electron chi connectivity index (χ0n) is 15.2. The Morgan fingerprint density at radius 1 is 1.12 bits per heavy atom. The molecule has 0 aliphatic heterocycles. The number of fused-ring (bicyclic) bond motifs is 1. The van der Waals surface area contributed by atoms with Crippen molar-refractivity contribution in [2.45, 2.75) is 27.3 Å². The fourth-order valence-electron chi connectivity index (χ4n) is 2.95. The third-order valence-electron chi connectivity index (χ3n) is 4.33. The summed E-state index contributed by atoms with van der Waals surface area (Å²) in [5, 5.41) is 4.15. The van der Waals surface area contributed by atoms with Gasteiger partial charge in [-0.15, -0.1) is 0 Å². The van der Waals surface area contributed by atoms with Crippen LogP contribution in [0.25, 0.3) is 10.8 Å². The van der Waals surface area contributed by atoms with Gasteiger partial charge in [-0.25, -0.2) is 0 Å². The average Bonchev–Trinajstić information content (AvgIpc) is 2.63. The molecule has 1 heterocycles. The number of nitrogens with zero attached hydrogens (tertiary/aromatic N) is 1. The molecule has 0 aliphatic rings. The van der Waals surface area contributed by atoms with E-state index in [1.165, 1.54) is 0 Å². The second-order valence-corrected chi connectivity index (χ2v) is 6.28. The molecular weight excluding hydrogens is 328 g/mol. The SMILES string of the molecule is CCn1ccc2c(OCC(=O)Nc3ccc(C)cc3C)cccc2c1=O. The van der Waals surface area contributed by atoms with Crippen LogP contribution in [0, 0.1) is 13.8 Å². The molecule has 5 nitrogen and oxygen atoms in total. The van der Waals surface area contributed by atoms with Gasteiger partial charge in [0.15, 0.2) is 6.61 Å². The van der Waals surface area contributed by atoms with E-state index in [2.05, 4.69) is 5.32 Å². The number of benzene rings is 2. The molecule has 0 fully saturated rings. The molecular formula is C21H22N2O3. The summed E-state index contributed by atoms with van der Waals surface area (Å²) in [6, 6.07) is 13.0. The number of amides is 1. The number of anilines is 1. The second-order valence-electron chi connectivity index (χ2n) is 6.28. The molecule has 3 aromatic rings.